The van der Waals surface area contributed by atoms with Crippen LogP contribution in [-0.2, 0) is 10.2 Å². The third kappa shape index (κ3) is 2.73. The Morgan fingerprint density at radius 2 is 1.96 bits per heavy atom. The summed E-state index contributed by atoms with van der Waals surface area (Å²) in [5.74, 6) is 0.989. The minimum Gasteiger partial charge on any atom is -0.493 e. The van der Waals surface area contributed by atoms with E-state index in [1.165, 1.54) is 12.1 Å². The monoisotopic (exact) mass is 353 g/mol. The zero-order valence-corrected chi connectivity index (χ0v) is 14.7. The molecular formula is C21H20FNO3. The van der Waals surface area contributed by atoms with E-state index in [1.807, 2.05) is 31.2 Å². The third-order valence-electron chi connectivity index (χ3n) is 5.10. The molecule has 0 spiro atoms. The molecule has 1 amide bonds. The number of methoxy groups -OCH3 is 1. The van der Waals surface area contributed by atoms with Crippen molar-refractivity contribution in [3.8, 4) is 5.75 Å². The average molecular weight is 353 g/mol. The molecule has 0 bridgehead atoms. The largest absolute Gasteiger partial charge is 0.493 e. The highest BCUT2D eigenvalue weighted by atomic mass is 19.1. The quantitative estimate of drug-likeness (QED) is 0.735. The number of furan rings is 1. The van der Waals surface area contributed by atoms with Gasteiger partial charge in [-0.1, -0.05) is 24.3 Å². The number of carbonyl (C=O) groups is 1. The highest BCUT2D eigenvalue weighted by Crippen LogP contribution is 2.48. The second-order valence-electron chi connectivity index (χ2n) is 6.81. The number of hydrogen-bond acceptors (Lipinski definition) is 3. The lowest BCUT2D eigenvalue weighted by Gasteiger charge is -2.19. The molecule has 1 saturated carbocycles. The molecule has 4 rings (SSSR count). The number of rotatable bonds is 5. The van der Waals surface area contributed by atoms with Gasteiger partial charge >= 0.3 is 0 Å². The number of halogens is 1. The first-order chi connectivity index (χ1) is 12.5. The van der Waals surface area contributed by atoms with Crippen LogP contribution in [-0.4, -0.2) is 13.0 Å². The molecule has 0 aliphatic heterocycles. The van der Waals surface area contributed by atoms with Gasteiger partial charge in [-0.25, -0.2) is 4.39 Å². The average Bonchev–Trinajstić information content (AvgIpc) is 3.33. The summed E-state index contributed by atoms with van der Waals surface area (Å²) in [6.07, 6.45) is 1.54. The van der Waals surface area contributed by atoms with Gasteiger partial charge < -0.3 is 14.5 Å². The van der Waals surface area contributed by atoms with Gasteiger partial charge in [0.1, 0.15) is 11.6 Å². The smallest absolute Gasteiger partial charge is 0.231 e. The predicted octanol–water partition coefficient (Wildman–Crippen LogP) is 4.49. The molecule has 1 unspecified atom stereocenters. The summed E-state index contributed by atoms with van der Waals surface area (Å²) in [6, 6.07) is 13.5. The van der Waals surface area contributed by atoms with Crippen molar-refractivity contribution in [3.63, 3.8) is 0 Å². The van der Waals surface area contributed by atoms with Gasteiger partial charge in [0.05, 0.1) is 18.6 Å². The Hall–Kier alpha value is -2.82. The molecule has 2 aromatic carbocycles. The maximum absolute atomic E-state index is 13.2. The van der Waals surface area contributed by atoms with Gasteiger partial charge in [-0.3, -0.25) is 4.79 Å². The Morgan fingerprint density at radius 3 is 2.62 bits per heavy atom. The molecule has 134 valence electrons. The lowest BCUT2D eigenvalue weighted by molar-refractivity contribution is -0.124. The number of hydrogen-bond donors (Lipinski definition) is 1. The van der Waals surface area contributed by atoms with Crippen LogP contribution in [0.1, 0.15) is 37.1 Å². The van der Waals surface area contributed by atoms with Crippen LogP contribution in [0, 0.1) is 5.82 Å². The Labute approximate surface area is 151 Å². The first-order valence-corrected chi connectivity index (χ1v) is 8.67. The molecule has 1 N–H and O–H groups in total. The van der Waals surface area contributed by atoms with Gasteiger partial charge in [-0.05, 0) is 49.6 Å². The fourth-order valence-electron chi connectivity index (χ4n) is 3.38. The Balaban J connectivity index is 1.55. The highest BCUT2D eigenvalue weighted by molar-refractivity contribution is 5.91. The summed E-state index contributed by atoms with van der Waals surface area (Å²) in [7, 11) is 1.60. The van der Waals surface area contributed by atoms with E-state index in [0.717, 1.165) is 23.8 Å². The number of nitrogens with one attached hydrogen (secondary N) is 1. The lowest BCUT2D eigenvalue weighted by Crippen LogP contribution is -2.36. The van der Waals surface area contributed by atoms with E-state index >= 15 is 0 Å². The molecule has 1 aromatic heterocycles. The third-order valence-corrected chi connectivity index (χ3v) is 5.10. The van der Waals surface area contributed by atoms with Crippen molar-refractivity contribution < 1.29 is 18.3 Å². The van der Waals surface area contributed by atoms with Crippen LogP contribution >= 0.6 is 0 Å². The molecule has 1 atom stereocenters. The first kappa shape index (κ1) is 16.6. The van der Waals surface area contributed by atoms with Gasteiger partial charge in [0.2, 0.25) is 5.91 Å². The summed E-state index contributed by atoms with van der Waals surface area (Å²) in [5, 5.41) is 3.97. The van der Waals surface area contributed by atoms with Gasteiger partial charge in [0, 0.05) is 5.39 Å². The number of ether oxygens (including phenoxy) is 1. The Bertz CT molecular complexity index is 957. The second-order valence-corrected chi connectivity index (χ2v) is 6.81. The summed E-state index contributed by atoms with van der Waals surface area (Å²) in [4.78, 5) is 12.9. The van der Waals surface area contributed by atoms with Gasteiger partial charge in [-0.15, -0.1) is 0 Å². The van der Waals surface area contributed by atoms with Crippen LogP contribution in [0.2, 0.25) is 0 Å². The number of benzene rings is 2. The number of fused-ring (bicyclic) bond motifs is 1. The summed E-state index contributed by atoms with van der Waals surface area (Å²) in [6.45, 7) is 1.89. The van der Waals surface area contributed by atoms with E-state index in [0.29, 0.717) is 17.1 Å². The second kappa shape index (κ2) is 6.16. The molecule has 5 heteroatoms. The molecule has 1 aliphatic rings. The molecule has 1 fully saturated rings. The van der Waals surface area contributed by atoms with Crippen molar-refractivity contribution in [2.24, 2.45) is 0 Å². The molecule has 0 saturated heterocycles. The zero-order valence-electron chi connectivity index (χ0n) is 14.7. The standard InChI is InChI=1S/C21H20FNO3/c1-13(18-12-14-4-3-5-17(25-2)19(14)26-18)23-20(24)21(10-11-21)15-6-8-16(22)9-7-15/h3-9,12-13H,10-11H2,1-2H3,(H,23,24). The SMILES string of the molecule is COc1cccc2cc(C(C)NC(=O)C3(c4ccc(F)cc4)CC3)oc12. The Kier molecular flexibility index (Phi) is 3.94. The molecular weight excluding hydrogens is 333 g/mol. The summed E-state index contributed by atoms with van der Waals surface area (Å²) < 4.78 is 24.4. The fourth-order valence-corrected chi connectivity index (χ4v) is 3.38. The topological polar surface area (TPSA) is 51.5 Å². The van der Waals surface area contributed by atoms with Crippen molar-refractivity contribution >= 4 is 16.9 Å². The van der Waals surface area contributed by atoms with Crippen LogP contribution in [0.3, 0.4) is 0 Å². The number of amides is 1. The van der Waals surface area contributed by atoms with Crippen LogP contribution < -0.4 is 10.1 Å². The summed E-state index contributed by atoms with van der Waals surface area (Å²) in [5.41, 5.74) is 0.978. The van der Waals surface area contributed by atoms with Crippen molar-refractivity contribution in [1.82, 2.24) is 5.32 Å². The number of para-hydroxylation sites is 1. The molecule has 1 heterocycles. The normalized spacial score (nSPS) is 16.3. The van der Waals surface area contributed by atoms with E-state index in [2.05, 4.69) is 5.32 Å². The molecule has 26 heavy (non-hydrogen) atoms. The van der Waals surface area contributed by atoms with Crippen LogP contribution in [0.4, 0.5) is 4.39 Å². The molecule has 0 radical (unpaired) electrons. The minimum absolute atomic E-state index is 0.0518. The van der Waals surface area contributed by atoms with Crippen LogP contribution in [0.15, 0.2) is 52.9 Å². The van der Waals surface area contributed by atoms with E-state index in [-0.39, 0.29) is 17.8 Å². The van der Waals surface area contributed by atoms with E-state index in [4.69, 9.17) is 9.15 Å². The zero-order chi connectivity index (χ0) is 18.3. The Morgan fingerprint density at radius 1 is 1.23 bits per heavy atom. The van der Waals surface area contributed by atoms with E-state index in [1.54, 1.807) is 19.2 Å². The molecule has 3 aromatic rings. The predicted molar refractivity (Wildman–Crippen MR) is 96.6 cm³/mol. The van der Waals surface area contributed by atoms with Gasteiger partial charge in [0.25, 0.3) is 0 Å². The van der Waals surface area contributed by atoms with E-state index < -0.39 is 5.41 Å². The fraction of sp³-hybridized carbons (Fsp3) is 0.286. The van der Waals surface area contributed by atoms with Crippen molar-refractivity contribution in [2.75, 3.05) is 7.11 Å². The first-order valence-electron chi connectivity index (χ1n) is 8.67. The molecule has 4 nitrogen and oxygen atoms in total. The maximum Gasteiger partial charge on any atom is 0.231 e. The van der Waals surface area contributed by atoms with Crippen LogP contribution in [0.5, 0.6) is 5.75 Å². The number of carbonyl (C=O) groups excluding carboxylic acids is 1. The van der Waals surface area contributed by atoms with Crippen molar-refractivity contribution in [2.45, 2.75) is 31.2 Å². The van der Waals surface area contributed by atoms with Gasteiger partial charge in [0.15, 0.2) is 11.3 Å². The van der Waals surface area contributed by atoms with Crippen LogP contribution in [0.25, 0.3) is 11.0 Å². The van der Waals surface area contributed by atoms with E-state index in [9.17, 15) is 9.18 Å². The van der Waals surface area contributed by atoms with Gasteiger partial charge in [-0.2, -0.15) is 0 Å². The minimum atomic E-state index is -0.550. The summed E-state index contributed by atoms with van der Waals surface area (Å²) >= 11 is 0. The van der Waals surface area contributed by atoms with Crippen molar-refractivity contribution in [3.05, 3.63) is 65.7 Å². The maximum atomic E-state index is 13.2. The lowest BCUT2D eigenvalue weighted by atomic mass is 9.94. The molecule has 1 aliphatic carbocycles. The van der Waals surface area contributed by atoms with Crippen molar-refractivity contribution in [1.29, 1.82) is 0 Å². The highest BCUT2D eigenvalue weighted by Gasteiger charge is 2.51.